The van der Waals surface area contributed by atoms with E-state index in [0.29, 0.717) is 0 Å². The fourth-order valence-corrected chi connectivity index (χ4v) is 13.3. The third-order valence-corrected chi connectivity index (χ3v) is 16.2. The molecule has 0 aliphatic heterocycles. The zero-order valence-electron chi connectivity index (χ0n) is 24.9. The van der Waals surface area contributed by atoms with Gasteiger partial charge in [0.15, 0.2) is 0 Å². The first kappa shape index (κ1) is 37.4. The molecule has 0 N–H and O–H groups in total. The Morgan fingerprint density at radius 1 is 0.429 bits per heavy atom. The molecule has 0 fully saturated rings. The van der Waals surface area contributed by atoms with Gasteiger partial charge in [-0.3, -0.25) is 0 Å². The summed E-state index contributed by atoms with van der Waals surface area (Å²) in [7, 11) is 0. The number of hydrogen-bond donors (Lipinski definition) is 0. The third kappa shape index (κ3) is 36.5. The molecule has 0 heterocycles. The van der Waals surface area contributed by atoms with Gasteiger partial charge in [0.25, 0.3) is 0 Å². The summed E-state index contributed by atoms with van der Waals surface area (Å²) in [5.41, 5.74) is 0. The molecule has 0 aromatic heterocycles. The van der Waals surface area contributed by atoms with Crippen molar-refractivity contribution in [3.63, 3.8) is 0 Å². The number of unbranched alkanes of at least 4 members (excludes halogenated alkanes) is 19. The van der Waals surface area contributed by atoms with Gasteiger partial charge in [0.2, 0.25) is 0 Å². The normalized spacial score (nSPS) is 10.7. The quantitative estimate of drug-likeness (QED) is 0.0694. The molecule has 0 saturated carbocycles. The van der Waals surface area contributed by atoms with Crippen molar-refractivity contribution >= 4 is 25.7 Å². The minimum atomic E-state index is -1.02. The van der Waals surface area contributed by atoms with Gasteiger partial charge in [-0.1, -0.05) is 32.6 Å². The number of aliphatic carboxylic acids is 1. The van der Waals surface area contributed by atoms with Gasteiger partial charge in [-0.15, -0.1) is 0 Å². The standard InChI is InChI=1S/C8H16O2.3C8H17.Sn/c1-2-3-4-5-6-7-8(9)10;3*1-3-5-7-8-6-4-2;/h2-7H2,1H3,(H,9,10);3*1,3-8H2,2H3;/q;;;;+1/p-1. The van der Waals surface area contributed by atoms with E-state index in [1.54, 1.807) is 32.6 Å². The molecule has 0 aromatic rings. The topological polar surface area (TPSA) is 40.1 Å². The van der Waals surface area contributed by atoms with Crippen molar-refractivity contribution in [2.24, 2.45) is 0 Å². The molecule has 0 bridgehead atoms. The molecule has 210 valence electrons. The van der Waals surface area contributed by atoms with Gasteiger partial charge in [-0.2, -0.15) is 0 Å². The molecule has 0 saturated heterocycles. The van der Waals surface area contributed by atoms with Crippen LogP contribution in [0, 0.1) is 0 Å². The summed E-state index contributed by atoms with van der Waals surface area (Å²) in [6, 6.07) is 0. The van der Waals surface area contributed by atoms with Gasteiger partial charge in [-0.25, -0.2) is 0 Å². The average molecular weight is 602 g/mol. The van der Waals surface area contributed by atoms with Crippen LogP contribution < -0.4 is 5.11 Å². The number of carboxylic acid groups (broad SMARTS) is 1. The number of carboxylic acids is 1. The van der Waals surface area contributed by atoms with Crippen LogP contribution in [0.3, 0.4) is 0 Å². The molecule has 0 radical (unpaired) electrons. The van der Waals surface area contributed by atoms with Gasteiger partial charge in [0.05, 0.1) is 0 Å². The van der Waals surface area contributed by atoms with Crippen molar-refractivity contribution in [2.75, 3.05) is 0 Å². The molecule has 0 rings (SSSR count). The van der Waals surface area contributed by atoms with Crippen molar-refractivity contribution in [2.45, 2.75) is 195 Å². The number of carbonyl (C=O) groups is 1. The van der Waals surface area contributed by atoms with Crippen molar-refractivity contribution in [1.29, 1.82) is 0 Å². The van der Waals surface area contributed by atoms with E-state index >= 15 is 0 Å². The molecular weight excluding hydrogens is 535 g/mol. The van der Waals surface area contributed by atoms with Crippen LogP contribution in [0.5, 0.6) is 0 Å². The van der Waals surface area contributed by atoms with Gasteiger partial charge in [-0.05, 0) is 12.8 Å². The van der Waals surface area contributed by atoms with E-state index in [0.717, 1.165) is 19.3 Å². The molecule has 0 amide bonds. The van der Waals surface area contributed by atoms with E-state index in [9.17, 15) is 9.90 Å². The number of hydrogen-bond acceptors (Lipinski definition) is 2. The van der Waals surface area contributed by atoms with Crippen molar-refractivity contribution < 1.29 is 9.90 Å². The maximum absolute atomic E-state index is 9.92. The molecule has 0 aliphatic carbocycles. The van der Waals surface area contributed by atoms with E-state index < -0.39 is 25.7 Å². The van der Waals surface area contributed by atoms with Crippen LogP contribution in [-0.2, 0) is 4.79 Å². The second kappa shape index (κ2) is 34.3. The molecule has 0 aromatic carbocycles. The van der Waals surface area contributed by atoms with Crippen molar-refractivity contribution in [3.05, 3.63) is 0 Å². The summed E-state index contributed by atoms with van der Waals surface area (Å²) in [5, 5.41) is 9.92. The van der Waals surface area contributed by atoms with Crippen LogP contribution in [-0.4, -0.2) is 25.7 Å². The second-order valence-corrected chi connectivity index (χ2v) is 19.4. The van der Waals surface area contributed by atoms with Gasteiger partial charge in [0.1, 0.15) is 0 Å². The van der Waals surface area contributed by atoms with E-state index in [4.69, 9.17) is 0 Å². The predicted molar refractivity (Wildman–Crippen MR) is 159 cm³/mol. The van der Waals surface area contributed by atoms with Gasteiger partial charge in [0, 0.05) is 5.97 Å². The summed E-state index contributed by atoms with van der Waals surface area (Å²) >= 11 is -1.02. The van der Waals surface area contributed by atoms with Crippen LogP contribution in [0.4, 0.5) is 0 Å². The Bertz CT molecular complexity index is 348. The van der Waals surface area contributed by atoms with Crippen molar-refractivity contribution in [1.82, 2.24) is 0 Å². The Hall–Kier alpha value is 0.269. The van der Waals surface area contributed by atoms with Crippen LogP contribution in [0.25, 0.3) is 0 Å². The minimum absolute atomic E-state index is 0.226. The van der Waals surface area contributed by atoms with Crippen LogP contribution in [0.2, 0.25) is 13.3 Å². The molecular formula is C32H66O2Sn. The fraction of sp³-hybridized carbons (Fsp3) is 0.969. The summed E-state index contributed by atoms with van der Waals surface area (Å²) in [5.74, 6) is -0.920. The molecule has 0 atom stereocenters. The predicted octanol–water partition coefficient (Wildman–Crippen LogP) is 10.7. The average Bonchev–Trinajstić information content (AvgIpc) is 2.85. The van der Waals surface area contributed by atoms with Gasteiger partial charge >= 0.3 is 169 Å². The SMILES string of the molecule is CCCCCCCC(=O)[O-].CCCCCCC[CH2][Sn+]([CH2]CCCCCCC)[CH2]CCCCCCC. The molecule has 0 aliphatic rings. The Labute approximate surface area is 229 Å². The van der Waals surface area contributed by atoms with E-state index in [-0.39, 0.29) is 6.42 Å². The Balaban J connectivity index is 0. The zero-order chi connectivity index (χ0) is 26.2. The number of rotatable bonds is 27. The Kier molecular flexibility index (Phi) is 36.6. The fourth-order valence-electron chi connectivity index (χ4n) is 4.71. The van der Waals surface area contributed by atoms with Crippen LogP contribution in [0.1, 0.15) is 182 Å². The van der Waals surface area contributed by atoms with Gasteiger partial charge < -0.3 is 9.90 Å². The molecule has 0 unspecified atom stereocenters. The van der Waals surface area contributed by atoms with E-state index in [1.165, 1.54) is 109 Å². The first-order valence-corrected chi connectivity index (χ1v) is 22.2. The first-order valence-electron chi connectivity index (χ1n) is 16.2. The first-order chi connectivity index (χ1) is 17.1. The zero-order valence-corrected chi connectivity index (χ0v) is 27.8. The summed E-state index contributed by atoms with van der Waals surface area (Å²) in [6.45, 7) is 9.12. The molecule has 2 nitrogen and oxygen atoms in total. The maximum atomic E-state index is 9.92. The summed E-state index contributed by atoms with van der Waals surface area (Å²) in [4.78, 5) is 9.92. The van der Waals surface area contributed by atoms with E-state index in [2.05, 4.69) is 27.7 Å². The molecule has 3 heteroatoms. The van der Waals surface area contributed by atoms with Crippen molar-refractivity contribution in [3.8, 4) is 0 Å². The van der Waals surface area contributed by atoms with Crippen LogP contribution in [0.15, 0.2) is 0 Å². The van der Waals surface area contributed by atoms with Crippen LogP contribution >= 0.6 is 0 Å². The molecule has 35 heavy (non-hydrogen) atoms. The third-order valence-electron chi connectivity index (χ3n) is 7.14. The monoisotopic (exact) mass is 602 g/mol. The second-order valence-electron chi connectivity index (χ2n) is 10.8. The summed E-state index contributed by atoms with van der Waals surface area (Å²) < 4.78 is 5.16. The Morgan fingerprint density at radius 3 is 0.971 bits per heavy atom. The summed E-state index contributed by atoms with van der Waals surface area (Å²) in [6.07, 6.45) is 32.5. The number of carbonyl (C=O) groups excluding carboxylic acids is 1. The van der Waals surface area contributed by atoms with E-state index in [1.807, 2.05) is 0 Å². The Morgan fingerprint density at radius 2 is 0.686 bits per heavy atom. The molecule has 0 spiro atoms.